The van der Waals surface area contributed by atoms with E-state index in [0.717, 1.165) is 12.8 Å². The van der Waals surface area contributed by atoms with Gasteiger partial charge in [-0.05, 0) is 18.8 Å². The lowest BCUT2D eigenvalue weighted by Crippen LogP contribution is -2.39. The molecular formula is C9H15F2NO4S. The van der Waals surface area contributed by atoms with Crippen LogP contribution in [0.15, 0.2) is 0 Å². The molecule has 1 aliphatic rings. The Labute approximate surface area is 98.3 Å². The lowest BCUT2D eigenvalue weighted by atomic mass is 9.79. The molecule has 0 aromatic heterocycles. The number of hydrogen-bond acceptors (Lipinski definition) is 3. The molecule has 0 aliphatic heterocycles. The van der Waals surface area contributed by atoms with Crippen LogP contribution >= 0.6 is 0 Å². The first-order valence-electron chi connectivity index (χ1n) is 5.34. The van der Waals surface area contributed by atoms with Crippen LogP contribution in [0.1, 0.15) is 25.7 Å². The minimum Gasteiger partial charge on any atom is -0.481 e. The molecule has 17 heavy (non-hydrogen) atoms. The van der Waals surface area contributed by atoms with Gasteiger partial charge in [0.2, 0.25) is 0 Å². The average molecular weight is 271 g/mol. The lowest BCUT2D eigenvalue weighted by Gasteiger charge is -2.28. The van der Waals surface area contributed by atoms with Crippen molar-refractivity contribution in [2.75, 3.05) is 6.54 Å². The summed E-state index contributed by atoms with van der Waals surface area (Å²) in [6, 6.07) is 0. The molecule has 0 amide bonds. The fourth-order valence-corrected chi connectivity index (χ4v) is 2.64. The van der Waals surface area contributed by atoms with Crippen molar-refractivity contribution in [3.63, 3.8) is 0 Å². The summed E-state index contributed by atoms with van der Waals surface area (Å²) in [5.41, 5.74) is 0. The molecule has 1 aliphatic carbocycles. The highest BCUT2D eigenvalue weighted by Gasteiger charge is 2.32. The minimum absolute atomic E-state index is 0.232. The molecule has 8 heteroatoms. The first-order valence-corrected chi connectivity index (χ1v) is 6.88. The molecular weight excluding hydrogens is 256 g/mol. The van der Waals surface area contributed by atoms with Crippen LogP contribution in [0, 0.1) is 11.8 Å². The number of halogens is 2. The van der Waals surface area contributed by atoms with E-state index in [4.69, 9.17) is 5.11 Å². The van der Waals surface area contributed by atoms with Gasteiger partial charge in [-0.3, -0.25) is 4.79 Å². The van der Waals surface area contributed by atoms with Gasteiger partial charge in [-0.1, -0.05) is 12.8 Å². The van der Waals surface area contributed by atoms with Gasteiger partial charge in [0, 0.05) is 6.54 Å². The van der Waals surface area contributed by atoms with E-state index in [9.17, 15) is 22.0 Å². The molecule has 1 fully saturated rings. The molecule has 2 atom stereocenters. The first kappa shape index (κ1) is 14.3. The Hall–Kier alpha value is -0.760. The molecule has 2 N–H and O–H groups in total. The van der Waals surface area contributed by atoms with Gasteiger partial charge in [-0.15, -0.1) is 0 Å². The van der Waals surface area contributed by atoms with Crippen LogP contribution in [0.5, 0.6) is 0 Å². The van der Waals surface area contributed by atoms with Gasteiger partial charge in [0.1, 0.15) is 0 Å². The molecule has 1 saturated carbocycles. The maximum atomic E-state index is 12.1. The summed E-state index contributed by atoms with van der Waals surface area (Å²) in [7, 11) is -4.62. The van der Waals surface area contributed by atoms with Gasteiger partial charge in [0.05, 0.1) is 5.92 Å². The summed E-state index contributed by atoms with van der Waals surface area (Å²) in [6.45, 7) is -0.232. The molecule has 2 unspecified atom stereocenters. The summed E-state index contributed by atoms with van der Waals surface area (Å²) in [5, 5.41) is 8.92. The average Bonchev–Trinajstić information content (AvgIpc) is 2.26. The minimum atomic E-state index is -4.62. The molecule has 5 nitrogen and oxygen atoms in total. The van der Waals surface area contributed by atoms with Gasteiger partial charge in [0.25, 0.3) is 10.0 Å². The van der Waals surface area contributed by atoms with Crippen LogP contribution in [0.4, 0.5) is 8.78 Å². The normalized spacial score (nSPS) is 26.1. The number of rotatable bonds is 5. The predicted molar refractivity (Wildman–Crippen MR) is 56.0 cm³/mol. The zero-order valence-corrected chi connectivity index (χ0v) is 9.92. The van der Waals surface area contributed by atoms with Crippen LogP contribution in [-0.2, 0) is 14.8 Å². The first-order chi connectivity index (χ1) is 7.84. The van der Waals surface area contributed by atoms with E-state index in [2.05, 4.69) is 0 Å². The number of nitrogens with one attached hydrogen (secondary N) is 1. The monoisotopic (exact) mass is 271 g/mol. The summed E-state index contributed by atoms with van der Waals surface area (Å²) >= 11 is 0. The highest BCUT2D eigenvalue weighted by atomic mass is 32.2. The third kappa shape index (κ3) is 3.88. The molecule has 0 spiro atoms. The van der Waals surface area contributed by atoms with Crippen molar-refractivity contribution < 1.29 is 27.1 Å². The summed E-state index contributed by atoms with van der Waals surface area (Å²) in [4.78, 5) is 10.9. The molecule has 0 bridgehead atoms. The third-order valence-electron chi connectivity index (χ3n) is 3.01. The fraction of sp³-hybridized carbons (Fsp3) is 0.889. The van der Waals surface area contributed by atoms with E-state index in [-0.39, 0.29) is 6.54 Å². The summed E-state index contributed by atoms with van der Waals surface area (Å²) in [6.07, 6.45) is 2.58. The number of carboxylic acid groups (broad SMARTS) is 1. The third-order valence-corrected chi connectivity index (χ3v) is 4.05. The maximum Gasteiger partial charge on any atom is 0.350 e. The van der Waals surface area contributed by atoms with E-state index in [1.165, 1.54) is 0 Å². The topological polar surface area (TPSA) is 83.5 Å². The Morgan fingerprint density at radius 1 is 1.35 bits per heavy atom. The Morgan fingerprint density at radius 2 is 1.94 bits per heavy atom. The standard InChI is InChI=1S/C9H15F2NO4S/c10-9(11)17(15,16)12-5-6-3-1-2-4-7(6)8(13)14/h6-7,9,12H,1-5H2,(H,13,14). The zero-order valence-electron chi connectivity index (χ0n) is 9.10. The van der Waals surface area contributed by atoms with Crippen LogP contribution in [0.3, 0.4) is 0 Å². The summed E-state index contributed by atoms with van der Waals surface area (Å²) in [5.74, 6) is -5.53. The van der Waals surface area contributed by atoms with Crippen LogP contribution < -0.4 is 4.72 Å². The van der Waals surface area contributed by atoms with Crippen molar-refractivity contribution in [3.05, 3.63) is 0 Å². The number of carboxylic acids is 1. The second-order valence-electron chi connectivity index (χ2n) is 4.14. The van der Waals surface area contributed by atoms with Crippen molar-refractivity contribution in [2.24, 2.45) is 11.8 Å². The van der Waals surface area contributed by atoms with E-state index < -0.39 is 33.6 Å². The highest BCUT2D eigenvalue weighted by Crippen LogP contribution is 2.29. The van der Waals surface area contributed by atoms with E-state index in [0.29, 0.717) is 12.8 Å². The Morgan fingerprint density at radius 3 is 2.47 bits per heavy atom. The quantitative estimate of drug-likeness (QED) is 0.782. The Kier molecular flexibility index (Phi) is 4.81. The number of aliphatic carboxylic acids is 1. The predicted octanol–water partition coefficient (Wildman–Crippen LogP) is 1.02. The number of sulfonamides is 1. The van der Waals surface area contributed by atoms with Gasteiger partial charge in [-0.2, -0.15) is 8.78 Å². The molecule has 1 rings (SSSR count). The fourth-order valence-electron chi connectivity index (χ4n) is 2.06. The van der Waals surface area contributed by atoms with Gasteiger partial charge < -0.3 is 5.11 Å². The van der Waals surface area contributed by atoms with Crippen molar-refractivity contribution in [2.45, 2.75) is 31.4 Å². The van der Waals surface area contributed by atoms with E-state index >= 15 is 0 Å². The van der Waals surface area contributed by atoms with E-state index in [1.807, 2.05) is 0 Å². The van der Waals surface area contributed by atoms with Gasteiger partial charge in [0.15, 0.2) is 0 Å². The lowest BCUT2D eigenvalue weighted by molar-refractivity contribution is -0.144. The molecule has 0 saturated heterocycles. The zero-order chi connectivity index (χ0) is 13.1. The largest absolute Gasteiger partial charge is 0.481 e. The van der Waals surface area contributed by atoms with Crippen molar-refractivity contribution in [1.82, 2.24) is 4.72 Å². The number of carbonyl (C=O) groups is 1. The van der Waals surface area contributed by atoms with Crippen molar-refractivity contribution in [3.8, 4) is 0 Å². The summed E-state index contributed by atoms with van der Waals surface area (Å²) < 4.78 is 47.6. The second-order valence-corrected chi connectivity index (χ2v) is 5.88. The van der Waals surface area contributed by atoms with E-state index in [1.54, 1.807) is 4.72 Å². The maximum absolute atomic E-state index is 12.1. The molecule has 0 radical (unpaired) electrons. The number of hydrogen-bond donors (Lipinski definition) is 2. The molecule has 0 aromatic carbocycles. The molecule has 0 heterocycles. The SMILES string of the molecule is O=C(O)C1CCCCC1CNS(=O)(=O)C(F)F. The molecule has 0 aromatic rings. The smallest absolute Gasteiger partial charge is 0.350 e. The van der Waals surface area contributed by atoms with Crippen LogP contribution in [0.25, 0.3) is 0 Å². The Bertz CT molecular complexity index is 371. The van der Waals surface area contributed by atoms with Crippen LogP contribution in [0.2, 0.25) is 0 Å². The van der Waals surface area contributed by atoms with Gasteiger partial charge in [-0.25, -0.2) is 13.1 Å². The second kappa shape index (κ2) is 5.72. The van der Waals surface area contributed by atoms with Gasteiger partial charge >= 0.3 is 11.7 Å². The van der Waals surface area contributed by atoms with Crippen molar-refractivity contribution in [1.29, 1.82) is 0 Å². The highest BCUT2D eigenvalue weighted by molar-refractivity contribution is 7.89. The van der Waals surface area contributed by atoms with Crippen LogP contribution in [-0.4, -0.2) is 31.8 Å². The number of alkyl halides is 2. The molecule has 100 valence electrons. The van der Waals surface area contributed by atoms with Crippen molar-refractivity contribution >= 4 is 16.0 Å². The Balaban J connectivity index is 2.58.